The third kappa shape index (κ3) is 1.92. The van der Waals surface area contributed by atoms with Crippen molar-refractivity contribution in [3.63, 3.8) is 0 Å². The van der Waals surface area contributed by atoms with Gasteiger partial charge in [0.25, 0.3) is 0 Å². The summed E-state index contributed by atoms with van der Waals surface area (Å²) < 4.78 is 0. The molecular weight excluding hydrogens is 252 g/mol. The molecule has 2 heterocycles. The van der Waals surface area contributed by atoms with E-state index in [1.165, 1.54) is 11.8 Å². The number of carboxylic acids is 1. The van der Waals surface area contributed by atoms with E-state index in [9.17, 15) is 4.79 Å². The number of H-pyrrole nitrogens is 2. The van der Waals surface area contributed by atoms with E-state index in [-0.39, 0.29) is 5.75 Å². The molecule has 1 aromatic carbocycles. The van der Waals surface area contributed by atoms with E-state index >= 15 is 0 Å². The zero-order valence-electron chi connectivity index (χ0n) is 9.52. The van der Waals surface area contributed by atoms with Crippen LogP contribution in [0.25, 0.3) is 22.1 Å². The average molecular weight is 262 g/mol. The molecule has 2 aromatic heterocycles. The fourth-order valence-electron chi connectivity index (χ4n) is 1.82. The minimum atomic E-state index is -0.857. The number of hydrogen-bond acceptors (Lipinski definition) is 4. The summed E-state index contributed by atoms with van der Waals surface area (Å²) in [5.74, 6) is -0.00216. The number of aliphatic carboxylic acids is 1. The second-order valence-electron chi connectivity index (χ2n) is 3.93. The topological polar surface area (TPSA) is 94.7 Å². The monoisotopic (exact) mass is 262 g/mol. The highest BCUT2D eigenvalue weighted by molar-refractivity contribution is 7.99. The number of carbonyl (C=O) groups is 1. The zero-order chi connectivity index (χ0) is 12.7. The lowest BCUT2D eigenvalue weighted by Crippen LogP contribution is -1.97. The SMILES string of the molecule is Cc1nc2cc3nc(SCC(=O)O)[nH]c3cc2[nH]1. The molecule has 0 aliphatic rings. The summed E-state index contributed by atoms with van der Waals surface area (Å²) in [6.07, 6.45) is 0. The molecule has 7 heteroatoms. The molecule has 0 amide bonds. The molecule has 6 nitrogen and oxygen atoms in total. The van der Waals surface area contributed by atoms with E-state index in [1.54, 1.807) is 0 Å². The van der Waals surface area contributed by atoms with Crippen LogP contribution >= 0.6 is 11.8 Å². The predicted molar refractivity (Wildman–Crippen MR) is 68.8 cm³/mol. The standard InChI is InChI=1S/C11H10N4O2S/c1-5-12-6-2-8-9(3-7(6)13-5)15-11(14-8)18-4-10(16)17/h2-3H,4H2,1H3,(H,12,13)(H,14,15)(H,16,17). The summed E-state index contributed by atoms with van der Waals surface area (Å²) in [5.41, 5.74) is 3.47. The van der Waals surface area contributed by atoms with E-state index in [2.05, 4.69) is 19.9 Å². The van der Waals surface area contributed by atoms with Crippen molar-refractivity contribution in [2.24, 2.45) is 0 Å². The zero-order valence-corrected chi connectivity index (χ0v) is 10.3. The lowest BCUT2D eigenvalue weighted by Gasteiger charge is -1.89. The van der Waals surface area contributed by atoms with E-state index in [4.69, 9.17) is 5.11 Å². The lowest BCUT2D eigenvalue weighted by atomic mass is 10.3. The van der Waals surface area contributed by atoms with E-state index in [0.29, 0.717) is 5.16 Å². The first-order valence-corrected chi connectivity index (χ1v) is 6.31. The van der Waals surface area contributed by atoms with Crippen molar-refractivity contribution in [1.82, 2.24) is 19.9 Å². The number of aromatic amines is 2. The molecule has 3 N–H and O–H groups in total. The van der Waals surface area contributed by atoms with Crippen LogP contribution < -0.4 is 0 Å². The largest absolute Gasteiger partial charge is 0.481 e. The van der Waals surface area contributed by atoms with E-state index in [1.807, 2.05) is 19.1 Å². The Balaban J connectivity index is 2.03. The number of imidazole rings is 2. The summed E-state index contributed by atoms with van der Waals surface area (Å²) in [6.45, 7) is 1.90. The number of nitrogens with zero attached hydrogens (tertiary/aromatic N) is 2. The number of hydrogen-bond donors (Lipinski definition) is 3. The normalized spacial score (nSPS) is 11.4. The van der Waals surface area contributed by atoms with Gasteiger partial charge in [0.2, 0.25) is 0 Å². The number of benzene rings is 1. The Morgan fingerprint density at radius 1 is 1.28 bits per heavy atom. The number of aryl methyl sites for hydroxylation is 1. The van der Waals surface area contributed by atoms with Crippen molar-refractivity contribution in [3.8, 4) is 0 Å². The van der Waals surface area contributed by atoms with Crippen LogP contribution in [0.2, 0.25) is 0 Å². The Labute approximate surface area is 106 Å². The smallest absolute Gasteiger partial charge is 0.313 e. The van der Waals surface area contributed by atoms with Crippen LogP contribution in [0.4, 0.5) is 0 Å². The maximum absolute atomic E-state index is 10.5. The molecule has 0 bridgehead atoms. The molecule has 0 unspecified atom stereocenters. The highest BCUT2D eigenvalue weighted by atomic mass is 32.2. The van der Waals surface area contributed by atoms with Gasteiger partial charge < -0.3 is 15.1 Å². The van der Waals surface area contributed by atoms with Crippen molar-refractivity contribution in [1.29, 1.82) is 0 Å². The molecule has 0 fully saturated rings. The minimum Gasteiger partial charge on any atom is -0.481 e. The predicted octanol–water partition coefficient (Wildman–Crippen LogP) is 1.92. The van der Waals surface area contributed by atoms with Crippen LogP contribution in [0, 0.1) is 6.92 Å². The highest BCUT2D eigenvalue weighted by Crippen LogP contribution is 2.23. The van der Waals surface area contributed by atoms with Crippen LogP contribution in [0.5, 0.6) is 0 Å². The molecule has 0 aliphatic carbocycles. The molecule has 92 valence electrons. The molecule has 0 atom stereocenters. The van der Waals surface area contributed by atoms with Gasteiger partial charge in [0.15, 0.2) is 5.16 Å². The first kappa shape index (κ1) is 11.1. The Morgan fingerprint density at radius 2 is 2.00 bits per heavy atom. The third-order valence-electron chi connectivity index (χ3n) is 2.51. The van der Waals surface area contributed by atoms with Crippen LogP contribution in [0.1, 0.15) is 5.82 Å². The van der Waals surface area contributed by atoms with Gasteiger partial charge in [-0.25, -0.2) is 9.97 Å². The van der Waals surface area contributed by atoms with Gasteiger partial charge in [0, 0.05) is 0 Å². The quantitative estimate of drug-likeness (QED) is 0.627. The van der Waals surface area contributed by atoms with Crippen LogP contribution in [0.3, 0.4) is 0 Å². The van der Waals surface area contributed by atoms with Gasteiger partial charge in [-0.2, -0.15) is 0 Å². The summed E-state index contributed by atoms with van der Waals surface area (Å²) in [5, 5.41) is 9.23. The molecule has 0 saturated carbocycles. The second-order valence-corrected chi connectivity index (χ2v) is 4.90. The second kappa shape index (κ2) is 4.02. The maximum Gasteiger partial charge on any atom is 0.313 e. The molecule has 3 rings (SSSR count). The summed E-state index contributed by atoms with van der Waals surface area (Å²) in [7, 11) is 0. The van der Waals surface area contributed by atoms with Gasteiger partial charge >= 0.3 is 5.97 Å². The van der Waals surface area contributed by atoms with Crippen molar-refractivity contribution in [2.45, 2.75) is 12.1 Å². The Morgan fingerprint density at radius 3 is 2.78 bits per heavy atom. The first-order chi connectivity index (χ1) is 8.61. The molecule has 0 radical (unpaired) electrons. The number of rotatable bonds is 3. The van der Waals surface area contributed by atoms with Gasteiger partial charge in [-0.05, 0) is 19.1 Å². The van der Waals surface area contributed by atoms with Gasteiger partial charge in [-0.15, -0.1) is 0 Å². The van der Waals surface area contributed by atoms with Gasteiger partial charge in [0.05, 0.1) is 27.8 Å². The van der Waals surface area contributed by atoms with Crippen molar-refractivity contribution < 1.29 is 9.90 Å². The van der Waals surface area contributed by atoms with Crippen LogP contribution in [-0.4, -0.2) is 36.8 Å². The van der Waals surface area contributed by atoms with Gasteiger partial charge in [-0.1, -0.05) is 11.8 Å². The highest BCUT2D eigenvalue weighted by Gasteiger charge is 2.08. The fourth-order valence-corrected chi connectivity index (χ4v) is 2.42. The number of aromatic nitrogens is 4. The average Bonchev–Trinajstić information content (AvgIpc) is 2.83. The molecule has 3 aromatic rings. The van der Waals surface area contributed by atoms with Crippen LogP contribution in [0.15, 0.2) is 17.3 Å². The Bertz CT molecular complexity index is 695. The summed E-state index contributed by atoms with van der Waals surface area (Å²) in [6, 6.07) is 3.82. The number of nitrogens with one attached hydrogen (secondary N) is 2. The first-order valence-electron chi connectivity index (χ1n) is 5.32. The Kier molecular flexibility index (Phi) is 2.48. The molecular formula is C11H10N4O2S. The summed E-state index contributed by atoms with van der Waals surface area (Å²) in [4.78, 5) is 25.4. The van der Waals surface area contributed by atoms with Gasteiger partial charge in [0.1, 0.15) is 5.82 Å². The number of thioether (sulfide) groups is 1. The minimum absolute atomic E-state index is 0.00491. The van der Waals surface area contributed by atoms with Crippen LogP contribution in [-0.2, 0) is 4.79 Å². The third-order valence-corrected chi connectivity index (χ3v) is 3.37. The number of fused-ring (bicyclic) bond motifs is 2. The number of carboxylic acid groups (broad SMARTS) is 1. The molecule has 0 spiro atoms. The van der Waals surface area contributed by atoms with Crippen molar-refractivity contribution >= 4 is 39.8 Å². The maximum atomic E-state index is 10.5. The van der Waals surface area contributed by atoms with Gasteiger partial charge in [-0.3, -0.25) is 4.79 Å². The molecule has 0 saturated heterocycles. The van der Waals surface area contributed by atoms with E-state index in [0.717, 1.165) is 27.9 Å². The van der Waals surface area contributed by atoms with E-state index < -0.39 is 5.97 Å². The summed E-state index contributed by atoms with van der Waals surface area (Å²) >= 11 is 1.17. The van der Waals surface area contributed by atoms with Crippen molar-refractivity contribution in [2.75, 3.05) is 5.75 Å². The Hall–Kier alpha value is -2.02. The lowest BCUT2D eigenvalue weighted by molar-refractivity contribution is -0.133. The molecule has 18 heavy (non-hydrogen) atoms. The molecule has 0 aliphatic heterocycles. The van der Waals surface area contributed by atoms with Crippen molar-refractivity contribution in [3.05, 3.63) is 18.0 Å². The fraction of sp³-hybridized carbons (Fsp3) is 0.182.